The molecule has 0 bridgehead atoms. The van der Waals surface area contributed by atoms with Crippen LogP contribution in [0.1, 0.15) is 24.5 Å². The molecule has 0 aliphatic heterocycles. The first-order valence-corrected chi connectivity index (χ1v) is 6.29. The highest BCUT2D eigenvalue weighted by atomic mass is 79.9. The van der Waals surface area contributed by atoms with Crippen molar-refractivity contribution in [2.45, 2.75) is 18.8 Å². The van der Waals surface area contributed by atoms with Gasteiger partial charge in [-0.05, 0) is 12.8 Å². The highest BCUT2D eigenvalue weighted by molar-refractivity contribution is 9.09. The van der Waals surface area contributed by atoms with Gasteiger partial charge in [0.2, 0.25) is 0 Å². The van der Waals surface area contributed by atoms with E-state index >= 15 is 0 Å². The van der Waals surface area contributed by atoms with E-state index in [1.165, 1.54) is 0 Å². The summed E-state index contributed by atoms with van der Waals surface area (Å²) >= 11 is 3.38. The zero-order valence-electron chi connectivity index (χ0n) is 8.49. The van der Waals surface area contributed by atoms with Gasteiger partial charge >= 0.3 is 0 Å². The lowest BCUT2D eigenvalue weighted by atomic mass is 10.0. The van der Waals surface area contributed by atoms with E-state index in [4.69, 9.17) is 0 Å². The van der Waals surface area contributed by atoms with Crippen LogP contribution in [0.2, 0.25) is 0 Å². The van der Waals surface area contributed by atoms with Gasteiger partial charge in [0, 0.05) is 29.6 Å². The fourth-order valence-electron chi connectivity index (χ4n) is 1.73. The minimum atomic E-state index is 0.553. The molecule has 1 heterocycles. The molecular weight excluding hydrogens is 254 g/mol. The SMILES string of the molecule is BrCCNc1cc(C2CC=CC2)ncn1. The van der Waals surface area contributed by atoms with Crippen LogP contribution in [0.15, 0.2) is 24.5 Å². The zero-order chi connectivity index (χ0) is 10.5. The van der Waals surface area contributed by atoms with Gasteiger partial charge in [-0.3, -0.25) is 0 Å². The second-order valence-corrected chi connectivity index (χ2v) is 4.38. The van der Waals surface area contributed by atoms with Gasteiger partial charge in [-0.1, -0.05) is 28.1 Å². The summed E-state index contributed by atoms with van der Waals surface area (Å²) < 4.78 is 0. The van der Waals surface area contributed by atoms with E-state index in [-0.39, 0.29) is 0 Å². The van der Waals surface area contributed by atoms with E-state index in [0.29, 0.717) is 5.92 Å². The molecule has 0 fully saturated rings. The molecule has 80 valence electrons. The van der Waals surface area contributed by atoms with Crippen LogP contribution >= 0.6 is 15.9 Å². The van der Waals surface area contributed by atoms with E-state index in [1.807, 2.05) is 0 Å². The molecule has 1 aromatic rings. The molecule has 3 nitrogen and oxygen atoms in total. The van der Waals surface area contributed by atoms with Gasteiger partial charge in [-0.2, -0.15) is 0 Å². The molecule has 4 heteroatoms. The minimum absolute atomic E-state index is 0.553. The molecule has 0 aromatic carbocycles. The monoisotopic (exact) mass is 267 g/mol. The number of rotatable bonds is 4. The van der Waals surface area contributed by atoms with Gasteiger partial charge in [0.15, 0.2) is 0 Å². The molecule has 2 rings (SSSR count). The summed E-state index contributed by atoms with van der Waals surface area (Å²) in [5.74, 6) is 1.48. The largest absolute Gasteiger partial charge is 0.369 e. The van der Waals surface area contributed by atoms with E-state index < -0.39 is 0 Å². The summed E-state index contributed by atoms with van der Waals surface area (Å²) in [6.07, 6.45) is 8.30. The van der Waals surface area contributed by atoms with Crippen molar-refractivity contribution in [1.82, 2.24) is 9.97 Å². The lowest BCUT2D eigenvalue weighted by Gasteiger charge is -2.10. The maximum Gasteiger partial charge on any atom is 0.129 e. The van der Waals surface area contributed by atoms with Crippen LogP contribution < -0.4 is 5.32 Å². The fraction of sp³-hybridized carbons (Fsp3) is 0.455. The normalized spacial score (nSPS) is 15.8. The molecule has 1 aliphatic carbocycles. The first kappa shape index (κ1) is 10.6. The average Bonchev–Trinajstić information content (AvgIpc) is 2.80. The van der Waals surface area contributed by atoms with Crippen molar-refractivity contribution >= 4 is 21.7 Å². The van der Waals surface area contributed by atoms with Crippen LogP contribution in [0.25, 0.3) is 0 Å². The third kappa shape index (κ3) is 2.78. The van der Waals surface area contributed by atoms with Crippen LogP contribution in [-0.2, 0) is 0 Å². The van der Waals surface area contributed by atoms with Gasteiger partial charge in [0.25, 0.3) is 0 Å². The van der Waals surface area contributed by atoms with Gasteiger partial charge in [0.1, 0.15) is 12.1 Å². The first-order valence-electron chi connectivity index (χ1n) is 5.17. The highest BCUT2D eigenvalue weighted by Crippen LogP contribution is 2.28. The van der Waals surface area contributed by atoms with Gasteiger partial charge in [-0.15, -0.1) is 0 Å². The number of halogens is 1. The molecule has 15 heavy (non-hydrogen) atoms. The molecule has 0 amide bonds. The van der Waals surface area contributed by atoms with Gasteiger partial charge < -0.3 is 5.32 Å². The number of hydrogen-bond donors (Lipinski definition) is 1. The molecule has 0 unspecified atom stereocenters. The third-order valence-corrected chi connectivity index (χ3v) is 2.91. The summed E-state index contributed by atoms with van der Waals surface area (Å²) in [7, 11) is 0. The van der Waals surface area contributed by atoms with E-state index in [9.17, 15) is 0 Å². The number of nitrogens with zero attached hydrogens (tertiary/aromatic N) is 2. The summed E-state index contributed by atoms with van der Waals surface area (Å²) in [6, 6.07) is 2.06. The number of nitrogens with one attached hydrogen (secondary N) is 1. The van der Waals surface area contributed by atoms with Crippen LogP contribution in [0.5, 0.6) is 0 Å². The quantitative estimate of drug-likeness (QED) is 0.674. The summed E-state index contributed by atoms with van der Waals surface area (Å²) in [5.41, 5.74) is 1.15. The molecule has 0 saturated carbocycles. The van der Waals surface area contributed by atoms with Crippen molar-refractivity contribution in [1.29, 1.82) is 0 Å². The maximum absolute atomic E-state index is 4.33. The number of hydrogen-bond acceptors (Lipinski definition) is 3. The lowest BCUT2D eigenvalue weighted by Crippen LogP contribution is -2.06. The Labute approximate surface area is 98.1 Å². The van der Waals surface area contributed by atoms with Crippen molar-refractivity contribution in [3.8, 4) is 0 Å². The smallest absolute Gasteiger partial charge is 0.129 e. The Balaban J connectivity index is 2.04. The predicted molar refractivity (Wildman–Crippen MR) is 65.4 cm³/mol. The van der Waals surface area contributed by atoms with Gasteiger partial charge in [0.05, 0.1) is 0 Å². The summed E-state index contributed by atoms with van der Waals surface area (Å²) in [4.78, 5) is 8.51. The number of anilines is 1. The van der Waals surface area contributed by atoms with E-state index in [2.05, 4.69) is 49.4 Å². The van der Waals surface area contributed by atoms with Crippen molar-refractivity contribution in [2.24, 2.45) is 0 Å². The van der Waals surface area contributed by atoms with Crippen molar-refractivity contribution in [3.63, 3.8) is 0 Å². The Morgan fingerprint density at radius 1 is 1.33 bits per heavy atom. The topological polar surface area (TPSA) is 37.8 Å². The van der Waals surface area contributed by atoms with Crippen LogP contribution in [0, 0.1) is 0 Å². The second kappa shape index (κ2) is 5.26. The Hall–Kier alpha value is -0.900. The zero-order valence-corrected chi connectivity index (χ0v) is 10.1. The third-order valence-electron chi connectivity index (χ3n) is 2.51. The first-order chi connectivity index (χ1) is 7.40. The molecule has 0 spiro atoms. The van der Waals surface area contributed by atoms with Crippen molar-refractivity contribution in [3.05, 3.63) is 30.2 Å². The molecule has 1 aliphatic rings. The molecule has 0 saturated heterocycles. The van der Waals surface area contributed by atoms with E-state index in [0.717, 1.165) is 36.2 Å². The maximum atomic E-state index is 4.33. The molecule has 0 radical (unpaired) electrons. The standard InChI is InChI=1S/C11H14BrN3/c12-5-6-13-11-7-10(14-8-15-11)9-3-1-2-4-9/h1-2,7-9H,3-6H2,(H,13,14,15). The van der Waals surface area contributed by atoms with Gasteiger partial charge in [-0.25, -0.2) is 9.97 Å². The predicted octanol–water partition coefficient (Wildman–Crippen LogP) is 2.72. The molecule has 0 atom stereocenters. The minimum Gasteiger partial charge on any atom is -0.369 e. The van der Waals surface area contributed by atoms with Crippen molar-refractivity contribution in [2.75, 3.05) is 17.2 Å². The fourth-order valence-corrected chi connectivity index (χ4v) is 1.92. The van der Waals surface area contributed by atoms with Crippen LogP contribution in [0.4, 0.5) is 5.82 Å². The summed E-state index contributed by atoms with van der Waals surface area (Å²) in [6.45, 7) is 0.888. The van der Waals surface area contributed by atoms with E-state index in [1.54, 1.807) is 6.33 Å². The Kier molecular flexibility index (Phi) is 3.72. The van der Waals surface area contributed by atoms with Crippen molar-refractivity contribution < 1.29 is 0 Å². The number of alkyl halides is 1. The number of allylic oxidation sites excluding steroid dienone is 2. The Morgan fingerprint density at radius 3 is 2.87 bits per heavy atom. The molecular formula is C11H14BrN3. The van der Waals surface area contributed by atoms with Crippen LogP contribution in [-0.4, -0.2) is 21.8 Å². The average molecular weight is 268 g/mol. The Bertz CT molecular complexity index is 343. The molecule has 1 N–H and O–H groups in total. The van der Waals surface area contributed by atoms with Crippen LogP contribution in [0.3, 0.4) is 0 Å². The lowest BCUT2D eigenvalue weighted by molar-refractivity contribution is 0.721. The molecule has 1 aromatic heterocycles. The summed E-state index contributed by atoms with van der Waals surface area (Å²) in [5, 5.41) is 4.17. The highest BCUT2D eigenvalue weighted by Gasteiger charge is 2.14. The second-order valence-electron chi connectivity index (χ2n) is 3.58. The Morgan fingerprint density at radius 2 is 2.13 bits per heavy atom. The number of aromatic nitrogens is 2.